The van der Waals surface area contributed by atoms with Crippen LogP contribution in [0.1, 0.15) is 15.9 Å². The van der Waals surface area contributed by atoms with Crippen molar-refractivity contribution >= 4 is 17.6 Å². The van der Waals surface area contributed by atoms with E-state index in [-0.39, 0.29) is 30.2 Å². The van der Waals surface area contributed by atoms with Crippen LogP contribution in [0.3, 0.4) is 0 Å². The first-order valence-corrected chi connectivity index (χ1v) is 9.75. The molecule has 1 aliphatic heterocycles. The van der Waals surface area contributed by atoms with Gasteiger partial charge >= 0.3 is 6.03 Å². The van der Waals surface area contributed by atoms with Crippen LogP contribution in [0.5, 0.6) is 11.5 Å². The van der Waals surface area contributed by atoms with E-state index in [1.165, 1.54) is 24.3 Å². The zero-order chi connectivity index (χ0) is 22.7. The minimum atomic E-state index is -1.02. The minimum Gasteiger partial charge on any atom is -0.457 e. The zero-order valence-corrected chi connectivity index (χ0v) is 16.7. The van der Waals surface area contributed by atoms with E-state index < -0.39 is 23.6 Å². The highest BCUT2D eigenvalue weighted by atomic mass is 19.1. The van der Waals surface area contributed by atoms with Crippen LogP contribution in [0.4, 0.5) is 23.7 Å². The van der Waals surface area contributed by atoms with Gasteiger partial charge in [-0.15, -0.1) is 0 Å². The van der Waals surface area contributed by atoms with Gasteiger partial charge in [-0.1, -0.05) is 12.1 Å². The van der Waals surface area contributed by atoms with Gasteiger partial charge in [-0.05, 0) is 48.0 Å². The summed E-state index contributed by atoms with van der Waals surface area (Å²) in [5.74, 6) is -2.06. The molecule has 0 unspecified atom stereocenters. The number of hydrogen-bond acceptors (Lipinski definition) is 3. The van der Waals surface area contributed by atoms with Crippen LogP contribution in [0.25, 0.3) is 0 Å². The van der Waals surface area contributed by atoms with Gasteiger partial charge in [-0.25, -0.2) is 18.0 Å². The number of benzene rings is 3. The highest BCUT2D eigenvalue weighted by Gasteiger charge is 2.26. The number of carbonyl (C=O) groups is 2. The molecule has 0 aliphatic carbocycles. The Hall–Kier alpha value is -4.01. The number of rotatable bonds is 6. The van der Waals surface area contributed by atoms with Crippen molar-refractivity contribution in [1.29, 1.82) is 0 Å². The van der Waals surface area contributed by atoms with Crippen LogP contribution in [0, 0.1) is 17.5 Å². The van der Waals surface area contributed by atoms with Gasteiger partial charge in [-0.2, -0.15) is 0 Å². The molecule has 3 aromatic carbocycles. The molecule has 0 radical (unpaired) electrons. The molecule has 1 saturated heterocycles. The molecule has 1 fully saturated rings. The molecule has 1 aliphatic rings. The first-order chi connectivity index (χ1) is 15.4. The quantitative estimate of drug-likeness (QED) is 0.597. The van der Waals surface area contributed by atoms with Crippen molar-refractivity contribution in [3.8, 4) is 11.5 Å². The van der Waals surface area contributed by atoms with Crippen molar-refractivity contribution in [3.05, 3.63) is 89.2 Å². The molecule has 3 aromatic rings. The monoisotopic (exact) mass is 441 g/mol. The van der Waals surface area contributed by atoms with Crippen molar-refractivity contribution in [2.24, 2.45) is 0 Å². The first kappa shape index (κ1) is 21.2. The molecule has 164 valence electrons. The van der Waals surface area contributed by atoms with Crippen molar-refractivity contribution < 1.29 is 27.5 Å². The van der Waals surface area contributed by atoms with Gasteiger partial charge in [0.05, 0.1) is 11.3 Å². The van der Waals surface area contributed by atoms with Crippen LogP contribution >= 0.6 is 0 Å². The minimum absolute atomic E-state index is 0.0893. The summed E-state index contributed by atoms with van der Waals surface area (Å²) in [6.07, 6.45) is 0. The third-order valence-electron chi connectivity index (χ3n) is 4.85. The summed E-state index contributed by atoms with van der Waals surface area (Å²) in [4.78, 5) is 25.4. The molecule has 1 heterocycles. The van der Waals surface area contributed by atoms with Gasteiger partial charge in [0.15, 0.2) is 0 Å². The number of amides is 3. The SMILES string of the molecule is O=C(NCc1ccc(Oc2ccc(F)cc2)cc1)c1cc(N2CCNC2=O)c(F)cc1F. The fraction of sp³-hybridized carbons (Fsp3) is 0.130. The van der Waals surface area contributed by atoms with Gasteiger partial charge in [0.25, 0.3) is 5.91 Å². The second-order valence-electron chi connectivity index (χ2n) is 7.05. The lowest BCUT2D eigenvalue weighted by Gasteiger charge is -2.16. The van der Waals surface area contributed by atoms with E-state index in [1.54, 1.807) is 24.3 Å². The van der Waals surface area contributed by atoms with E-state index in [1.807, 2.05) is 0 Å². The third-order valence-corrected chi connectivity index (χ3v) is 4.85. The molecule has 0 aromatic heterocycles. The molecule has 0 atom stereocenters. The molecule has 3 amide bonds. The number of ether oxygens (including phenoxy) is 1. The summed E-state index contributed by atoms with van der Waals surface area (Å²) >= 11 is 0. The number of urea groups is 1. The summed E-state index contributed by atoms with van der Waals surface area (Å²) in [5, 5.41) is 5.10. The summed E-state index contributed by atoms with van der Waals surface area (Å²) < 4.78 is 46.9. The van der Waals surface area contributed by atoms with Crippen LogP contribution in [0.15, 0.2) is 60.7 Å². The average molecular weight is 441 g/mol. The van der Waals surface area contributed by atoms with Crippen molar-refractivity contribution in [1.82, 2.24) is 10.6 Å². The van der Waals surface area contributed by atoms with E-state index >= 15 is 0 Å². The van der Waals surface area contributed by atoms with E-state index in [0.29, 0.717) is 29.7 Å². The van der Waals surface area contributed by atoms with Gasteiger partial charge in [0.1, 0.15) is 29.0 Å². The van der Waals surface area contributed by atoms with E-state index in [4.69, 9.17) is 4.74 Å². The molecule has 0 saturated carbocycles. The molecule has 2 N–H and O–H groups in total. The smallest absolute Gasteiger partial charge is 0.322 e. The Kier molecular flexibility index (Phi) is 5.98. The van der Waals surface area contributed by atoms with Crippen molar-refractivity contribution in [2.45, 2.75) is 6.54 Å². The van der Waals surface area contributed by atoms with Crippen molar-refractivity contribution in [2.75, 3.05) is 18.0 Å². The van der Waals surface area contributed by atoms with Crippen LogP contribution in [-0.2, 0) is 6.54 Å². The number of hydrogen-bond donors (Lipinski definition) is 2. The summed E-state index contributed by atoms with van der Waals surface area (Å²) in [6, 6.07) is 13.5. The van der Waals surface area contributed by atoms with Crippen molar-refractivity contribution in [3.63, 3.8) is 0 Å². The van der Waals surface area contributed by atoms with Crippen LogP contribution in [0.2, 0.25) is 0 Å². The Bertz CT molecular complexity index is 1150. The van der Waals surface area contributed by atoms with E-state index in [0.717, 1.165) is 11.0 Å². The fourth-order valence-corrected chi connectivity index (χ4v) is 3.21. The van der Waals surface area contributed by atoms with Gasteiger partial charge in [-0.3, -0.25) is 9.69 Å². The maximum absolute atomic E-state index is 14.2. The Morgan fingerprint density at radius 3 is 2.25 bits per heavy atom. The Labute approximate surface area is 181 Å². The fourth-order valence-electron chi connectivity index (χ4n) is 3.21. The lowest BCUT2D eigenvalue weighted by Crippen LogP contribution is -2.30. The predicted octanol–water partition coefficient (Wildman–Crippen LogP) is 4.36. The topological polar surface area (TPSA) is 70.7 Å². The molecule has 4 rings (SSSR count). The van der Waals surface area contributed by atoms with Gasteiger partial charge in [0.2, 0.25) is 0 Å². The third kappa shape index (κ3) is 4.66. The zero-order valence-electron chi connectivity index (χ0n) is 16.7. The molecular weight excluding hydrogens is 423 g/mol. The van der Waals surface area contributed by atoms with Crippen LogP contribution in [-0.4, -0.2) is 25.0 Å². The normalized spacial score (nSPS) is 13.1. The molecule has 32 heavy (non-hydrogen) atoms. The first-order valence-electron chi connectivity index (χ1n) is 9.75. The summed E-state index contributed by atoms with van der Waals surface area (Å²) in [5.41, 5.74) is 0.192. The van der Waals surface area contributed by atoms with Gasteiger partial charge in [0, 0.05) is 25.7 Å². The lowest BCUT2D eigenvalue weighted by molar-refractivity contribution is 0.0946. The number of carbonyl (C=O) groups excluding carboxylic acids is 2. The molecule has 0 spiro atoms. The lowest BCUT2D eigenvalue weighted by atomic mass is 10.1. The average Bonchev–Trinajstić information content (AvgIpc) is 3.20. The molecular formula is C23H18F3N3O3. The Morgan fingerprint density at radius 2 is 1.62 bits per heavy atom. The second kappa shape index (κ2) is 9.01. The standard InChI is InChI=1S/C23H18F3N3O3/c24-15-3-7-17(8-4-15)32-16-5-1-14(2-6-16)13-28-22(30)18-11-21(20(26)12-19(18)25)29-10-9-27-23(29)31/h1-8,11-12H,9-10,13H2,(H,27,31)(H,28,30). The van der Waals surface area contributed by atoms with Crippen LogP contribution < -0.4 is 20.3 Å². The highest BCUT2D eigenvalue weighted by Crippen LogP contribution is 2.25. The number of anilines is 1. The summed E-state index contributed by atoms with van der Waals surface area (Å²) in [7, 11) is 0. The molecule has 6 nitrogen and oxygen atoms in total. The van der Waals surface area contributed by atoms with E-state index in [2.05, 4.69) is 10.6 Å². The largest absolute Gasteiger partial charge is 0.457 e. The second-order valence-corrected chi connectivity index (χ2v) is 7.05. The number of nitrogens with one attached hydrogen (secondary N) is 2. The highest BCUT2D eigenvalue weighted by molar-refractivity contribution is 5.98. The molecule has 9 heteroatoms. The maximum Gasteiger partial charge on any atom is 0.322 e. The number of nitrogens with zero attached hydrogens (tertiary/aromatic N) is 1. The van der Waals surface area contributed by atoms with E-state index in [9.17, 15) is 22.8 Å². The Balaban J connectivity index is 1.41. The van der Waals surface area contributed by atoms with Gasteiger partial charge < -0.3 is 15.4 Å². The maximum atomic E-state index is 14.2. The number of halogens is 3. The predicted molar refractivity (Wildman–Crippen MR) is 111 cm³/mol. The Morgan fingerprint density at radius 1 is 0.969 bits per heavy atom. The summed E-state index contributed by atoms with van der Waals surface area (Å²) in [6.45, 7) is 0.638. The molecule has 0 bridgehead atoms.